The van der Waals surface area contributed by atoms with Crippen LogP contribution >= 0.6 is 0 Å². The molecule has 10 nitrogen and oxygen atoms in total. The molecule has 0 aliphatic carbocycles. The van der Waals surface area contributed by atoms with Crippen molar-refractivity contribution in [1.82, 2.24) is 29.4 Å². The molecule has 10 heteroatoms. The van der Waals surface area contributed by atoms with Gasteiger partial charge in [0.1, 0.15) is 11.5 Å². The standard InChI is InChI=1S/2C27H37N3O2/c2*1-6-16-29-18-21(5)30(19-20(29)4)26(24-10-9-11-25(31)17-24)22-12-14-23(15-13-22)27(32)28(7-2)8-3/h2*6,9-15,17,20-21,26,31H,1,7-8,16,18-19H2,2-5H3/t2*20-,21+,26-/m11/s1. The first-order chi connectivity index (χ1) is 30.8. The normalized spacial score (nSPS) is 20.6. The number of aromatic hydroxyl groups is 2. The molecule has 0 radical (unpaired) electrons. The minimum Gasteiger partial charge on any atom is -0.508 e. The van der Waals surface area contributed by atoms with Gasteiger partial charge in [-0.1, -0.05) is 60.7 Å². The lowest BCUT2D eigenvalue weighted by Gasteiger charge is -2.47. The Morgan fingerprint density at radius 1 is 0.547 bits per heavy atom. The summed E-state index contributed by atoms with van der Waals surface area (Å²) in [7, 11) is 0. The van der Waals surface area contributed by atoms with Crippen LogP contribution in [-0.2, 0) is 0 Å². The summed E-state index contributed by atoms with van der Waals surface area (Å²) in [5, 5.41) is 20.4. The van der Waals surface area contributed by atoms with E-state index in [9.17, 15) is 19.8 Å². The number of hydrogen-bond acceptors (Lipinski definition) is 8. The van der Waals surface area contributed by atoms with E-state index in [1.54, 1.807) is 12.1 Å². The van der Waals surface area contributed by atoms with Crippen LogP contribution in [0.2, 0.25) is 0 Å². The van der Waals surface area contributed by atoms with E-state index in [1.165, 1.54) is 0 Å². The van der Waals surface area contributed by atoms with Crippen molar-refractivity contribution in [2.45, 2.75) is 91.6 Å². The molecule has 0 bridgehead atoms. The Hall–Kier alpha value is -5.26. The number of benzene rings is 4. The predicted octanol–water partition coefficient (Wildman–Crippen LogP) is 9.09. The summed E-state index contributed by atoms with van der Waals surface area (Å²) in [5.41, 5.74) is 5.80. The van der Waals surface area contributed by atoms with Crippen molar-refractivity contribution in [3.8, 4) is 11.5 Å². The lowest BCUT2D eigenvalue weighted by atomic mass is 9.92. The summed E-state index contributed by atoms with van der Waals surface area (Å²) in [6.45, 7) is 33.2. The van der Waals surface area contributed by atoms with Crippen LogP contribution in [0.15, 0.2) is 122 Å². The van der Waals surface area contributed by atoms with Crippen LogP contribution in [-0.4, -0.2) is 141 Å². The number of phenolic OH excluding ortho intramolecular Hbond substituents is 2. The van der Waals surface area contributed by atoms with E-state index in [1.807, 2.05) is 98.2 Å². The third-order valence-electron chi connectivity index (χ3n) is 13.1. The number of rotatable bonds is 16. The van der Waals surface area contributed by atoms with Gasteiger partial charge in [-0.25, -0.2) is 0 Å². The van der Waals surface area contributed by atoms with E-state index in [0.717, 1.165) is 61.5 Å². The van der Waals surface area contributed by atoms with Gasteiger partial charge in [-0.3, -0.25) is 29.2 Å². The first-order valence-corrected chi connectivity index (χ1v) is 23.4. The molecule has 64 heavy (non-hydrogen) atoms. The van der Waals surface area contributed by atoms with Crippen LogP contribution in [0.1, 0.15) is 110 Å². The second-order valence-electron chi connectivity index (χ2n) is 17.5. The zero-order chi connectivity index (χ0) is 46.5. The van der Waals surface area contributed by atoms with E-state index in [-0.39, 0.29) is 35.4 Å². The summed E-state index contributed by atoms with van der Waals surface area (Å²) in [4.78, 5) is 39.2. The van der Waals surface area contributed by atoms with Gasteiger partial charge < -0.3 is 20.0 Å². The van der Waals surface area contributed by atoms with Crippen molar-refractivity contribution in [3.05, 3.63) is 156 Å². The minimum absolute atomic E-state index is 0.00281. The van der Waals surface area contributed by atoms with E-state index >= 15 is 0 Å². The fourth-order valence-corrected chi connectivity index (χ4v) is 9.55. The maximum atomic E-state index is 12.8. The topological polar surface area (TPSA) is 94.0 Å². The monoisotopic (exact) mass is 871 g/mol. The fraction of sp³-hybridized carbons (Fsp3) is 0.444. The van der Waals surface area contributed by atoms with Gasteiger partial charge in [0, 0.05) is 101 Å². The fourth-order valence-electron chi connectivity index (χ4n) is 9.55. The molecule has 2 saturated heterocycles. The number of carbonyl (C=O) groups excluding carboxylic acids is 2. The summed E-state index contributed by atoms with van der Waals surface area (Å²) in [6.07, 6.45) is 3.94. The Balaban J connectivity index is 0.000000241. The highest BCUT2D eigenvalue weighted by molar-refractivity contribution is 5.94. The third-order valence-corrected chi connectivity index (χ3v) is 13.1. The Bertz CT molecular complexity index is 1970. The molecule has 2 N–H and O–H groups in total. The SMILES string of the molecule is C=CCN1C[C@H](C)N([C@H](c2ccc(C(=O)N(CC)CC)cc2)c2cccc(O)c2)C[C@H]1C.C=CCN1C[C@H](C)N([C@H](c2ccc(C(=O)N(CC)CC)cc2)c2cccc(O)c2)C[C@H]1C. The number of piperazine rings is 2. The molecule has 0 saturated carbocycles. The van der Waals surface area contributed by atoms with Crippen molar-refractivity contribution < 1.29 is 19.8 Å². The van der Waals surface area contributed by atoms with Crippen molar-refractivity contribution in [1.29, 1.82) is 0 Å². The van der Waals surface area contributed by atoms with Crippen molar-refractivity contribution in [2.75, 3.05) is 65.4 Å². The van der Waals surface area contributed by atoms with Gasteiger partial charge in [0.2, 0.25) is 0 Å². The molecular weight excluding hydrogens is 797 g/mol. The predicted molar refractivity (Wildman–Crippen MR) is 262 cm³/mol. The quantitative estimate of drug-likeness (QED) is 0.108. The first kappa shape index (κ1) is 49.8. The zero-order valence-electron chi connectivity index (χ0n) is 39.7. The highest BCUT2D eigenvalue weighted by Gasteiger charge is 2.36. The first-order valence-electron chi connectivity index (χ1n) is 23.4. The Morgan fingerprint density at radius 2 is 0.891 bits per heavy atom. The zero-order valence-corrected chi connectivity index (χ0v) is 39.7. The molecule has 6 atom stereocenters. The summed E-state index contributed by atoms with van der Waals surface area (Å²) in [5.74, 6) is 0.671. The van der Waals surface area contributed by atoms with Gasteiger partial charge in [-0.05, 0) is 126 Å². The summed E-state index contributed by atoms with van der Waals surface area (Å²) in [6, 6.07) is 32.6. The average molecular weight is 871 g/mol. The largest absolute Gasteiger partial charge is 0.508 e. The minimum atomic E-state index is 0.00281. The maximum Gasteiger partial charge on any atom is 0.253 e. The molecule has 0 unspecified atom stereocenters. The van der Waals surface area contributed by atoms with Gasteiger partial charge in [0.25, 0.3) is 11.8 Å². The highest BCUT2D eigenvalue weighted by atomic mass is 16.3. The smallest absolute Gasteiger partial charge is 0.253 e. The second-order valence-corrected chi connectivity index (χ2v) is 17.5. The second kappa shape index (κ2) is 23.6. The van der Waals surface area contributed by atoms with Crippen LogP contribution in [0.4, 0.5) is 0 Å². The van der Waals surface area contributed by atoms with Crippen molar-refractivity contribution in [2.24, 2.45) is 0 Å². The number of phenols is 2. The van der Waals surface area contributed by atoms with E-state index in [4.69, 9.17) is 0 Å². The Labute approximate surface area is 384 Å². The van der Waals surface area contributed by atoms with Gasteiger partial charge in [0.15, 0.2) is 0 Å². The van der Waals surface area contributed by atoms with Gasteiger partial charge >= 0.3 is 0 Å². The molecule has 2 aliphatic heterocycles. The molecular formula is C54H74N6O4. The van der Waals surface area contributed by atoms with E-state index < -0.39 is 0 Å². The highest BCUT2D eigenvalue weighted by Crippen LogP contribution is 2.36. The van der Waals surface area contributed by atoms with Crippen LogP contribution in [0.25, 0.3) is 0 Å². The average Bonchev–Trinajstić information content (AvgIpc) is 3.29. The van der Waals surface area contributed by atoms with E-state index in [2.05, 4.69) is 96.9 Å². The molecule has 344 valence electrons. The van der Waals surface area contributed by atoms with Gasteiger partial charge in [0.05, 0.1) is 12.1 Å². The van der Waals surface area contributed by atoms with Crippen molar-refractivity contribution in [3.63, 3.8) is 0 Å². The Morgan fingerprint density at radius 3 is 1.19 bits per heavy atom. The number of carbonyl (C=O) groups is 2. The lowest BCUT2D eigenvalue weighted by molar-refractivity contribution is 0.0306. The Kier molecular flexibility index (Phi) is 18.3. The van der Waals surface area contributed by atoms with Gasteiger partial charge in [-0.15, -0.1) is 13.2 Å². The van der Waals surface area contributed by atoms with Crippen LogP contribution < -0.4 is 0 Å². The van der Waals surface area contributed by atoms with Crippen LogP contribution in [0.5, 0.6) is 11.5 Å². The van der Waals surface area contributed by atoms with Crippen LogP contribution in [0, 0.1) is 0 Å². The van der Waals surface area contributed by atoms with Crippen LogP contribution in [0.3, 0.4) is 0 Å². The lowest BCUT2D eigenvalue weighted by Crippen LogP contribution is -2.57. The molecule has 2 heterocycles. The molecule has 4 aromatic carbocycles. The van der Waals surface area contributed by atoms with Crippen molar-refractivity contribution >= 4 is 11.8 Å². The third kappa shape index (κ3) is 12.1. The summed E-state index contributed by atoms with van der Waals surface area (Å²) < 4.78 is 0. The maximum absolute atomic E-state index is 12.8. The molecule has 4 aromatic rings. The molecule has 0 spiro atoms. The molecule has 2 aliphatic rings. The number of nitrogens with zero attached hydrogens (tertiary/aromatic N) is 6. The molecule has 6 rings (SSSR count). The number of hydrogen-bond donors (Lipinski definition) is 2. The van der Waals surface area contributed by atoms with E-state index in [0.29, 0.717) is 61.5 Å². The summed E-state index contributed by atoms with van der Waals surface area (Å²) >= 11 is 0. The molecule has 2 amide bonds. The number of amides is 2. The molecule has 0 aromatic heterocycles. The van der Waals surface area contributed by atoms with Gasteiger partial charge in [-0.2, -0.15) is 0 Å². The molecule has 2 fully saturated rings.